The Labute approximate surface area is 917 Å². The summed E-state index contributed by atoms with van der Waals surface area (Å²) in [6.45, 7) is 33.4. The van der Waals surface area contributed by atoms with Crippen LogP contribution in [0.5, 0.6) is 0 Å². The summed E-state index contributed by atoms with van der Waals surface area (Å²) in [6, 6.07) is 21.8. The average Bonchev–Trinajstić information content (AvgIpc) is 1.19. The van der Waals surface area contributed by atoms with E-state index in [0.29, 0.717) is 158 Å². The number of nitrogens with zero attached hydrogens (tertiary/aromatic N) is 13. The molecule has 0 radical (unpaired) electrons. The maximum atomic E-state index is 13.3. The molecule has 4 aliphatic carbocycles. The largest absolute Gasteiger partial charge is 2.00 e. The third-order valence-corrected chi connectivity index (χ3v) is 31.9. The Balaban J connectivity index is 0.000000233. The number of hydrogen-bond donors (Lipinski definition) is 6. The van der Waals surface area contributed by atoms with Crippen LogP contribution in [0.25, 0.3) is 45.0 Å². The zero-order valence-electron chi connectivity index (χ0n) is 84.7. The molecule has 0 bridgehead atoms. The van der Waals surface area contributed by atoms with Gasteiger partial charge in [0.25, 0.3) is 5.91 Å². The molecule has 5 atom stereocenters. The van der Waals surface area contributed by atoms with E-state index in [4.69, 9.17) is 143 Å². The molecule has 4 aromatic heterocycles. The number of aromatic nitrogens is 8. The molecule has 16 rings (SSSR count). The van der Waals surface area contributed by atoms with Gasteiger partial charge in [0.15, 0.2) is 40.4 Å². The summed E-state index contributed by atoms with van der Waals surface area (Å²) in [5.41, 5.74) is 13.6. The number of aliphatic hydroxyl groups is 1. The van der Waals surface area contributed by atoms with E-state index in [1.807, 2.05) is 112 Å². The van der Waals surface area contributed by atoms with Gasteiger partial charge in [-0.2, -0.15) is 0 Å². The van der Waals surface area contributed by atoms with E-state index in [1.54, 1.807) is 76.5 Å². The number of aryl methyl sites for hydroxylation is 4. The summed E-state index contributed by atoms with van der Waals surface area (Å²) >= 11 is 50.6. The van der Waals surface area contributed by atoms with E-state index in [-0.39, 0.29) is 143 Å². The summed E-state index contributed by atoms with van der Waals surface area (Å²) in [7, 11) is 3.41. The van der Waals surface area contributed by atoms with Crippen molar-refractivity contribution in [3.8, 4) is 45.0 Å². The van der Waals surface area contributed by atoms with Crippen LogP contribution in [-0.4, -0.2) is 221 Å². The third kappa shape index (κ3) is 28.1. The van der Waals surface area contributed by atoms with Crippen LogP contribution in [0.2, 0.25) is 40.2 Å². The van der Waals surface area contributed by atoms with Crippen LogP contribution in [0.1, 0.15) is 285 Å². The van der Waals surface area contributed by atoms with E-state index in [0.717, 1.165) is 159 Å². The Bertz CT molecular complexity index is 5710. The molecule has 4 saturated heterocycles. The number of halogens is 9. The Morgan fingerprint density at radius 2 is 0.674 bits per heavy atom. The van der Waals surface area contributed by atoms with Gasteiger partial charge >= 0.3 is 47.3 Å². The van der Waals surface area contributed by atoms with Gasteiger partial charge in [-0.15, -0.1) is 0 Å². The van der Waals surface area contributed by atoms with Gasteiger partial charge in [0.2, 0.25) is 0 Å². The third-order valence-electron chi connectivity index (χ3n) is 28.6. The first kappa shape index (κ1) is 122. The van der Waals surface area contributed by atoms with Crippen molar-refractivity contribution in [1.82, 2.24) is 60.7 Å². The molecule has 8 fully saturated rings. The number of aliphatic hydroxyl groups excluding tert-OH is 1. The van der Waals surface area contributed by atoms with E-state index >= 15 is 0 Å². The average molecular weight is 2220 g/mol. The van der Waals surface area contributed by atoms with E-state index in [1.165, 1.54) is 24.7 Å². The van der Waals surface area contributed by atoms with Gasteiger partial charge < -0.3 is 95.0 Å². The number of Topliss-reactive ketones (excluding diaryl/α,β-unsaturated/α-hetero) is 1. The molecule has 8 aromatic rings. The van der Waals surface area contributed by atoms with Crippen LogP contribution in [-0.2, 0) is 14.2 Å². The normalized spacial score (nSPS) is 19.2. The summed E-state index contributed by atoms with van der Waals surface area (Å²) < 4.78 is 16.5. The number of ether oxygens (including phenoxy) is 3. The number of carboxylic acid groups (broad SMARTS) is 1. The number of carbonyl (C=O) groups excluding carboxylic acids is 5. The number of carboxylic acids is 1. The van der Waals surface area contributed by atoms with Crippen molar-refractivity contribution in [1.29, 1.82) is 0 Å². The van der Waals surface area contributed by atoms with Crippen LogP contribution in [0.3, 0.4) is 0 Å². The minimum absolute atomic E-state index is 0. The Hall–Kier alpha value is -7.69. The fourth-order valence-corrected chi connectivity index (χ4v) is 23.0. The summed E-state index contributed by atoms with van der Waals surface area (Å²) in [6.07, 6.45) is 18.2. The molecule has 7 N–H and O–H groups in total. The van der Waals surface area contributed by atoms with Crippen molar-refractivity contribution in [2.24, 2.45) is 27.4 Å². The number of benzene rings is 4. The Kier molecular flexibility index (Phi) is 42.4. The van der Waals surface area contributed by atoms with Gasteiger partial charge in [0, 0.05) is 120 Å². The molecule has 8 aliphatic rings. The molecule has 4 amide bonds. The number of amides is 4. The smallest absolute Gasteiger partial charge is 1.00 e. The number of nitrogens with one attached hydrogen (secondary N) is 3. The number of aromatic carboxylic acids is 1. The fourth-order valence-electron chi connectivity index (χ4n) is 21.4. The van der Waals surface area contributed by atoms with Crippen molar-refractivity contribution in [2.75, 3.05) is 86.1 Å². The monoisotopic (exact) mass is 2210 g/mol. The van der Waals surface area contributed by atoms with Crippen molar-refractivity contribution in [3.63, 3.8) is 0 Å². The van der Waals surface area contributed by atoms with Crippen LogP contribution in [0.15, 0.2) is 72.8 Å². The molecule has 1 unspecified atom stereocenters. The van der Waals surface area contributed by atoms with Crippen LogP contribution < -0.4 is 58.3 Å². The maximum Gasteiger partial charge on any atom is 2.00 e. The second kappa shape index (κ2) is 50.3. The molecule has 28 nitrogen and oxygen atoms in total. The van der Waals surface area contributed by atoms with E-state index in [2.05, 4.69) is 40.6 Å². The summed E-state index contributed by atoms with van der Waals surface area (Å²) in [4.78, 5) is 124. The van der Waals surface area contributed by atoms with Gasteiger partial charge in [0.05, 0.1) is 91.8 Å². The number of ketones is 1. The van der Waals surface area contributed by atoms with E-state index in [9.17, 15) is 39.0 Å². The van der Waals surface area contributed by atoms with E-state index < -0.39 is 28.9 Å². The van der Waals surface area contributed by atoms with Crippen LogP contribution in [0.4, 0.5) is 37.7 Å². The van der Waals surface area contributed by atoms with Gasteiger partial charge in [-0.3, -0.25) is 9.59 Å². The standard InChI is InChI=1S/C28H37Cl2N5O3.C27H34Cl2N4O3.C26H32Cl2N4O4.C22H28Cl2N4O.2CH4.CH3.BrH.Mg/c1-17-22(18-9-7-10-19(29)21(18)30)33-23(25(36)34(5)6)24(31-17)35-15-13-28(14-16-35)12-8-11-20(28)32-26(37)38-27(2,3)4;1-16-22(18-8-6-9-19(28)21(18)29)32-23(17(2)34)24(30-16)33-14-12-27(13-15-33)11-7-10-20(27)31-25(35)36-26(3,4)5;1-15-20(16-7-5-8-17(27)19(16)28)31-21(23(33)34)22(29-15)32-13-11-26(12-14-32)10-6-9-18(26)30-24(35)36-25(2,3)4;1-13-19(15-5-3-6-16(23)18(15)24)27-20(14(2)29)21(26-13)28-11-9-22(10-12-28)8-4-7-17(22)25;;;;;/h7,9-10,20H,8,11-16H2,1-6H3,(H,32,37);6,8-9,20H,7,10-15H2,1-5H3,(H,31,35);5,7-8,18H,6,9-14H2,1-4H3,(H,30,35)(H,33,34);3,5-6,14,17,29H,4,7-12,25H2,1-2H3;2*1H4;1H3;1H;/q;;;;;;-1;;+2/p-1/t2*20-;18-;14?,17-;;;;;/m1111...../s1. The molecular weight excluding hydrogens is 2080 g/mol. The minimum atomic E-state index is -1.15. The Morgan fingerprint density at radius 1 is 0.417 bits per heavy atom. The zero-order valence-corrected chi connectivity index (χ0v) is 93.7. The molecule has 8 heterocycles. The zero-order chi connectivity index (χ0) is 101. The molecule has 4 spiro atoms. The van der Waals surface area contributed by atoms with Gasteiger partial charge in [-0.05, 0) is 246 Å². The van der Waals surface area contributed by atoms with Crippen LogP contribution >= 0.6 is 92.8 Å². The minimum Gasteiger partial charge on any atom is -1.00 e. The molecular formula is C106H142BrCl8MgN17O11. The number of piperidine rings is 4. The second-order valence-corrected chi connectivity index (χ2v) is 44.8. The van der Waals surface area contributed by atoms with Gasteiger partial charge in [0.1, 0.15) is 28.2 Å². The fraction of sp³-hybridized carbons (Fsp3) is 0.557. The predicted molar refractivity (Wildman–Crippen MR) is 579 cm³/mol. The summed E-state index contributed by atoms with van der Waals surface area (Å²) in [5, 5.41) is 33.0. The van der Waals surface area contributed by atoms with Gasteiger partial charge in [-0.1, -0.05) is 182 Å². The predicted octanol–water partition coefficient (Wildman–Crippen LogP) is 22.1. The Morgan fingerprint density at radius 3 is 0.951 bits per heavy atom. The quantitative estimate of drug-likeness (QED) is 0.0240. The molecule has 144 heavy (non-hydrogen) atoms. The molecule has 4 aliphatic heterocycles. The first-order valence-corrected chi connectivity index (χ1v) is 51.2. The van der Waals surface area contributed by atoms with Crippen LogP contribution in [0, 0.1) is 56.8 Å². The van der Waals surface area contributed by atoms with Crippen molar-refractivity contribution in [2.45, 2.75) is 294 Å². The first-order chi connectivity index (χ1) is 65.4. The molecule has 38 heteroatoms. The number of carbonyl (C=O) groups is 6. The molecule has 4 aromatic carbocycles. The van der Waals surface area contributed by atoms with Crippen molar-refractivity contribution < 1.29 is 70.2 Å². The van der Waals surface area contributed by atoms with Crippen molar-refractivity contribution in [3.05, 3.63) is 166 Å². The number of hydrogen-bond acceptors (Lipinski definition) is 23. The topological polar surface area (TPSA) is 352 Å². The number of rotatable bonds is 15. The second-order valence-electron chi connectivity index (χ2n) is 41.7. The number of alkyl carbamates (subject to hydrolysis) is 3. The van der Waals surface area contributed by atoms with Crippen molar-refractivity contribution >= 4 is 175 Å². The SMILES string of the molecule is C.C.CC(=O)c1nc(-c2cccc(Cl)c2Cl)c(C)nc1N1CCC2(CCC[C@H]2NC(=O)OC(C)(C)C)CC1.Cc1nc(N2CCC3(CCC[C@H]3N)CC2)c(C(C)O)nc1-c1cccc(Cl)c1Cl.Cc1nc(N2CCC3(CCC[C@H]3NC(=O)OC(C)(C)C)CC2)c(C(=O)N(C)C)nc1-c1cccc(Cl)c1Cl.Cc1nc(N2CCC3(CCC[C@H]3NC(=O)OC(C)(C)C)CC2)c(C(=O)O)nc1-c1cccc(Cl)c1Cl.[Br-].[CH3-].[Mg+2]. The first-order valence-electron chi connectivity index (χ1n) is 48.1. The van der Waals surface area contributed by atoms with Gasteiger partial charge in [-0.25, -0.2) is 59.0 Å². The number of nitrogens with two attached hydrogens (primary N) is 1. The maximum absolute atomic E-state index is 13.3. The number of anilines is 4. The summed E-state index contributed by atoms with van der Waals surface area (Å²) in [5.74, 6) is 0.772. The molecule has 4 saturated carbocycles. The molecule has 782 valence electrons.